The van der Waals surface area contributed by atoms with Crippen LogP contribution in [-0.4, -0.2) is 61.9 Å². The summed E-state index contributed by atoms with van der Waals surface area (Å²) in [7, 11) is 3.48. The van der Waals surface area contributed by atoms with Gasteiger partial charge in [0.2, 0.25) is 5.91 Å². The van der Waals surface area contributed by atoms with Gasteiger partial charge in [-0.15, -0.1) is 0 Å². The van der Waals surface area contributed by atoms with E-state index in [-0.39, 0.29) is 5.91 Å². The Hall–Kier alpha value is -0.650. The van der Waals surface area contributed by atoms with Gasteiger partial charge in [-0.05, 0) is 19.9 Å². The molecule has 0 aromatic carbocycles. The van der Waals surface area contributed by atoms with E-state index in [0.29, 0.717) is 32.2 Å². The van der Waals surface area contributed by atoms with Gasteiger partial charge in [0.15, 0.2) is 0 Å². The Morgan fingerprint density at radius 3 is 2.74 bits per heavy atom. The molecule has 1 atom stereocenters. The molecule has 5 nitrogen and oxygen atoms in total. The Labute approximate surface area is 116 Å². The van der Waals surface area contributed by atoms with Crippen molar-refractivity contribution in [3.63, 3.8) is 0 Å². The number of nitrogens with one attached hydrogen (secondary N) is 1. The van der Waals surface area contributed by atoms with Crippen LogP contribution in [0.15, 0.2) is 0 Å². The first-order valence-corrected chi connectivity index (χ1v) is 7.26. The number of hydrogen-bond acceptors (Lipinski definition) is 4. The first-order chi connectivity index (χ1) is 9.11. The van der Waals surface area contributed by atoms with Crippen molar-refractivity contribution in [2.24, 2.45) is 0 Å². The molecule has 0 radical (unpaired) electrons. The van der Waals surface area contributed by atoms with Crippen LogP contribution >= 0.6 is 0 Å². The van der Waals surface area contributed by atoms with Crippen LogP contribution in [0.4, 0.5) is 0 Å². The number of carbonyl (C=O) groups excluding carboxylic acids is 1. The molecule has 112 valence electrons. The minimum atomic E-state index is -0.489. The minimum absolute atomic E-state index is 0.125. The molecule has 0 aliphatic heterocycles. The summed E-state index contributed by atoms with van der Waals surface area (Å²) >= 11 is 0. The van der Waals surface area contributed by atoms with Gasteiger partial charge >= 0.3 is 0 Å². The average molecular weight is 272 g/mol. The Bertz CT molecular complexity index is 255. The van der Waals surface area contributed by atoms with Gasteiger partial charge in [0.1, 0.15) is 0 Å². The number of ether oxygens (including phenoxy) is 1. The molecule has 1 fully saturated rings. The lowest BCUT2D eigenvalue weighted by atomic mass is 9.95. The molecule has 0 aromatic rings. The summed E-state index contributed by atoms with van der Waals surface area (Å²) in [5.74, 6) is 0.125. The molecule has 0 spiro atoms. The molecule has 1 saturated carbocycles. The average Bonchev–Trinajstić information content (AvgIpc) is 2.38. The molecule has 1 unspecified atom stereocenters. The van der Waals surface area contributed by atoms with Crippen LogP contribution < -0.4 is 5.32 Å². The van der Waals surface area contributed by atoms with Gasteiger partial charge < -0.3 is 20.1 Å². The highest BCUT2D eigenvalue weighted by Gasteiger charge is 2.16. The van der Waals surface area contributed by atoms with Crippen molar-refractivity contribution in [1.82, 2.24) is 10.2 Å². The van der Waals surface area contributed by atoms with E-state index < -0.39 is 6.10 Å². The summed E-state index contributed by atoms with van der Waals surface area (Å²) < 4.78 is 4.87. The summed E-state index contributed by atoms with van der Waals surface area (Å²) in [5.41, 5.74) is 0. The molecule has 1 amide bonds. The fourth-order valence-electron chi connectivity index (χ4n) is 2.54. The predicted molar refractivity (Wildman–Crippen MR) is 75.0 cm³/mol. The van der Waals surface area contributed by atoms with Crippen molar-refractivity contribution in [2.75, 3.05) is 33.9 Å². The van der Waals surface area contributed by atoms with E-state index in [0.717, 1.165) is 12.8 Å². The lowest BCUT2D eigenvalue weighted by Crippen LogP contribution is -2.39. The van der Waals surface area contributed by atoms with Crippen molar-refractivity contribution in [3.05, 3.63) is 0 Å². The molecule has 0 saturated heterocycles. The van der Waals surface area contributed by atoms with Crippen molar-refractivity contribution in [1.29, 1.82) is 0 Å². The number of likely N-dealkylation sites (N-methyl/N-ethyl adjacent to an activating group) is 1. The smallest absolute Gasteiger partial charge is 0.221 e. The Morgan fingerprint density at radius 2 is 2.11 bits per heavy atom. The summed E-state index contributed by atoms with van der Waals surface area (Å²) in [4.78, 5) is 13.8. The third-order valence-corrected chi connectivity index (χ3v) is 3.57. The predicted octanol–water partition coefficient (Wildman–Crippen LogP) is 0.764. The second kappa shape index (κ2) is 9.28. The lowest BCUT2D eigenvalue weighted by molar-refractivity contribution is -0.122. The highest BCUT2D eigenvalue weighted by atomic mass is 16.5. The van der Waals surface area contributed by atoms with Crippen molar-refractivity contribution >= 4 is 5.91 Å². The molecule has 2 N–H and O–H groups in total. The normalized spacial score (nSPS) is 18.5. The molecule has 1 aliphatic carbocycles. The SMILES string of the molecule is COCC(O)CN(C)CCC(=O)NC1CCCCC1. The zero-order valence-corrected chi connectivity index (χ0v) is 12.2. The topological polar surface area (TPSA) is 61.8 Å². The number of carbonyl (C=O) groups is 1. The van der Waals surface area contributed by atoms with E-state index in [1.54, 1.807) is 7.11 Å². The standard InChI is InChI=1S/C14H28N2O3/c1-16(10-13(17)11-19-2)9-8-14(18)15-12-6-4-3-5-7-12/h12-13,17H,3-11H2,1-2H3,(H,15,18). The highest BCUT2D eigenvalue weighted by Crippen LogP contribution is 2.17. The van der Waals surface area contributed by atoms with E-state index in [1.807, 2.05) is 11.9 Å². The Balaban J connectivity index is 2.11. The molecule has 5 heteroatoms. The van der Waals surface area contributed by atoms with E-state index >= 15 is 0 Å². The number of amides is 1. The summed E-state index contributed by atoms with van der Waals surface area (Å²) in [6.45, 7) is 1.53. The highest BCUT2D eigenvalue weighted by molar-refractivity contribution is 5.76. The number of aliphatic hydroxyl groups excluding tert-OH is 1. The summed E-state index contributed by atoms with van der Waals surface area (Å²) in [5, 5.41) is 12.7. The zero-order chi connectivity index (χ0) is 14.1. The first-order valence-electron chi connectivity index (χ1n) is 7.26. The van der Waals surface area contributed by atoms with Gasteiger partial charge in [0.25, 0.3) is 0 Å². The number of hydrogen-bond donors (Lipinski definition) is 2. The number of nitrogens with zero attached hydrogens (tertiary/aromatic N) is 1. The number of methoxy groups -OCH3 is 1. The van der Waals surface area contributed by atoms with E-state index in [2.05, 4.69) is 5.32 Å². The van der Waals surface area contributed by atoms with Gasteiger partial charge in [-0.2, -0.15) is 0 Å². The molecule has 1 rings (SSSR count). The van der Waals surface area contributed by atoms with Gasteiger partial charge in [0, 0.05) is 32.7 Å². The molecular weight excluding hydrogens is 244 g/mol. The number of rotatable bonds is 8. The maximum atomic E-state index is 11.8. The van der Waals surface area contributed by atoms with E-state index in [9.17, 15) is 9.90 Å². The van der Waals surface area contributed by atoms with Crippen LogP contribution in [-0.2, 0) is 9.53 Å². The van der Waals surface area contributed by atoms with E-state index in [1.165, 1.54) is 19.3 Å². The summed E-state index contributed by atoms with van der Waals surface area (Å²) in [6, 6.07) is 0.380. The zero-order valence-electron chi connectivity index (χ0n) is 12.2. The largest absolute Gasteiger partial charge is 0.389 e. The maximum Gasteiger partial charge on any atom is 0.221 e. The van der Waals surface area contributed by atoms with Crippen LogP contribution in [0.25, 0.3) is 0 Å². The Morgan fingerprint density at radius 1 is 1.42 bits per heavy atom. The molecule has 0 bridgehead atoms. The van der Waals surface area contributed by atoms with Crippen LogP contribution in [0.2, 0.25) is 0 Å². The van der Waals surface area contributed by atoms with E-state index in [4.69, 9.17) is 4.74 Å². The monoisotopic (exact) mass is 272 g/mol. The molecular formula is C14H28N2O3. The molecule has 19 heavy (non-hydrogen) atoms. The van der Waals surface area contributed by atoms with Crippen LogP contribution in [0.3, 0.4) is 0 Å². The second-order valence-corrected chi connectivity index (χ2v) is 5.52. The fraction of sp³-hybridized carbons (Fsp3) is 0.929. The van der Waals surface area contributed by atoms with Crippen molar-refractivity contribution in [3.8, 4) is 0 Å². The van der Waals surface area contributed by atoms with Gasteiger partial charge in [-0.25, -0.2) is 0 Å². The molecule has 1 aliphatic rings. The second-order valence-electron chi connectivity index (χ2n) is 5.52. The van der Waals surface area contributed by atoms with Gasteiger partial charge in [0.05, 0.1) is 12.7 Å². The quantitative estimate of drug-likeness (QED) is 0.685. The van der Waals surface area contributed by atoms with Crippen LogP contribution in [0.1, 0.15) is 38.5 Å². The van der Waals surface area contributed by atoms with Crippen LogP contribution in [0.5, 0.6) is 0 Å². The third-order valence-electron chi connectivity index (χ3n) is 3.57. The fourth-order valence-corrected chi connectivity index (χ4v) is 2.54. The lowest BCUT2D eigenvalue weighted by Gasteiger charge is -2.24. The molecule has 0 heterocycles. The van der Waals surface area contributed by atoms with Crippen molar-refractivity contribution in [2.45, 2.75) is 50.7 Å². The van der Waals surface area contributed by atoms with Gasteiger partial charge in [-0.1, -0.05) is 19.3 Å². The van der Waals surface area contributed by atoms with Crippen molar-refractivity contribution < 1.29 is 14.6 Å². The third kappa shape index (κ3) is 7.50. The Kier molecular flexibility index (Phi) is 8.02. The minimum Gasteiger partial charge on any atom is -0.389 e. The summed E-state index contributed by atoms with van der Waals surface area (Å²) in [6.07, 6.45) is 6.00. The molecule has 0 aromatic heterocycles. The maximum absolute atomic E-state index is 11.8. The van der Waals surface area contributed by atoms with Crippen LogP contribution in [0, 0.1) is 0 Å². The first kappa shape index (κ1) is 16.4. The number of aliphatic hydroxyl groups is 1. The van der Waals surface area contributed by atoms with Gasteiger partial charge in [-0.3, -0.25) is 4.79 Å².